The van der Waals surface area contributed by atoms with Crippen LogP contribution in [0.15, 0.2) is 23.4 Å². The largest absolute Gasteiger partial charge is 0.409 e. The third-order valence-electron chi connectivity index (χ3n) is 3.07. The summed E-state index contributed by atoms with van der Waals surface area (Å²) in [5, 5.41) is 31.7. The zero-order valence-electron chi connectivity index (χ0n) is 12.1. The predicted octanol–water partition coefficient (Wildman–Crippen LogP) is 1.29. The van der Waals surface area contributed by atoms with Crippen LogP contribution < -0.4 is 10.6 Å². The van der Waals surface area contributed by atoms with E-state index in [1.54, 1.807) is 12.1 Å². The molecule has 116 valence electrons. The Labute approximate surface area is 122 Å². The Morgan fingerprint density at radius 3 is 2.67 bits per heavy atom. The maximum absolute atomic E-state index is 11.3. The number of nitrogens with zero attached hydrogens (tertiary/aromatic N) is 3. The molecule has 0 unspecified atom stereocenters. The van der Waals surface area contributed by atoms with E-state index in [0.29, 0.717) is 18.7 Å². The van der Waals surface area contributed by atoms with Crippen molar-refractivity contribution < 1.29 is 15.2 Å². The molecule has 0 aliphatic carbocycles. The van der Waals surface area contributed by atoms with E-state index < -0.39 is 4.92 Å². The molecule has 0 radical (unpaired) electrons. The molecule has 0 aliphatic rings. The summed E-state index contributed by atoms with van der Waals surface area (Å²) < 4.78 is 0. The molecule has 0 saturated heterocycles. The van der Waals surface area contributed by atoms with Crippen molar-refractivity contribution >= 4 is 17.2 Å². The fraction of sp³-hybridized carbons (Fsp3) is 0.462. The zero-order chi connectivity index (χ0) is 16.0. The first-order valence-electron chi connectivity index (χ1n) is 6.56. The summed E-state index contributed by atoms with van der Waals surface area (Å²) in [5.41, 5.74) is 6.06. The standard InChI is InChI=1S/C13H20N4O4/c1-9(2)16(6-3-7-18)11-5-4-10(13(14)15-19)8-12(11)17(20)21/h4-5,8-9,18-19H,3,6-7H2,1-2H3,(H2,14,15). The quantitative estimate of drug-likeness (QED) is 0.229. The van der Waals surface area contributed by atoms with Gasteiger partial charge in [-0.1, -0.05) is 5.16 Å². The van der Waals surface area contributed by atoms with Crippen LogP contribution in [0.4, 0.5) is 11.4 Å². The number of nitrogens with two attached hydrogens (primary N) is 1. The van der Waals surface area contributed by atoms with Crippen LogP contribution in [-0.4, -0.2) is 40.3 Å². The molecular formula is C13H20N4O4. The van der Waals surface area contributed by atoms with Crippen LogP contribution in [0.5, 0.6) is 0 Å². The Morgan fingerprint density at radius 1 is 1.52 bits per heavy atom. The minimum absolute atomic E-state index is 0.0131. The molecule has 0 spiro atoms. The fourth-order valence-electron chi connectivity index (χ4n) is 2.03. The number of rotatable bonds is 7. The normalized spacial score (nSPS) is 11.7. The first-order chi connectivity index (χ1) is 9.92. The van der Waals surface area contributed by atoms with E-state index in [1.807, 2.05) is 18.7 Å². The highest BCUT2D eigenvalue weighted by Gasteiger charge is 2.22. The molecule has 0 fully saturated rings. The van der Waals surface area contributed by atoms with Gasteiger partial charge in [0.2, 0.25) is 0 Å². The van der Waals surface area contributed by atoms with Gasteiger partial charge in [0.15, 0.2) is 5.84 Å². The number of aliphatic hydroxyl groups is 1. The molecule has 1 aromatic rings. The number of amidine groups is 1. The van der Waals surface area contributed by atoms with E-state index in [2.05, 4.69) is 5.16 Å². The molecule has 0 heterocycles. The van der Waals surface area contributed by atoms with Crippen molar-refractivity contribution in [2.24, 2.45) is 10.9 Å². The molecule has 0 bridgehead atoms. The molecule has 0 amide bonds. The predicted molar refractivity (Wildman–Crippen MR) is 79.8 cm³/mol. The van der Waals surface area contributed by atoms with Gasteiger partial charge >= 0.3 is 0 Å². The molecule has 0 aromatic heterocycles. The van der Waals surface area contributed by atoms with Crippen LogP contribution in [-0.2, 0) is 0 Å². The van der Waals surface area contributed by atoms with Crippen LogP contribution in [0.2, 0.25) is 0 Å². The summed E-state index contributed by atoms with van der Waals surface area (Å²) in [4.78, 5) is 12.6. The van der Waals surface area contributed by atoms with E-state index in [4.69, 9.17) is 16.0 Å². The second kappa shape index (κ2) is 7.44. The minimum atomic E-state index is -0.502. The Kier molecular flexibility index (Phi) is 5.92. The Hall–Kier alpha value is -2.35. The van der Waals surface area contributed by atoms with Crippen LogP contribution >= 0.6 is 0 Å². The highest BCUT2D eigenvalue weighted by Crippen LogP contribution is 2.30. The van der Waals surface area contributed by atoms with E-state index in [1.165, 1.54) is 6.07 Å². The Morgan fingerprint density at radius 2 is 2.19 bits per heavy atom. The SMILES string of the molecule is CC(C)N(CCCO)c1ccc(C(N)=NO)cc1[N+](=O)[O-]. The molecule has 0 aliphatic heterocycles. The first kappa shape index (κ1) is 16.7. The second-order valence-electron chi connectivity index (χ2n) is 4.81. The monoisotopic (exact) mass is 296 g/mol. The summed E-state index contributed by atoms with van der Waals surface area (Å²) >= 11 is 0. The maximum atomic E-state index is 11.3. The third kappa shape index (κ3) is 4.06. The molecule has 1 rings (SSSR count). The van der Waals surface area contributed by atoms with Gasteiger partial charge in [0, 0.05) is 30.8 Å². The van der Waals surface area contributed by atoms with Crippen LogP contribution in [0, 0.1) is 10.1 Å². The van der Waals surface area contributed by atoms with Crippen molar-refractivity contribution in [2.45, 2.75) is 26.3 Å². The average Bonchev–Trinajstić information content (AvgIpc) is 2.46. The molecule has 4 N–H and O–H groups in total. The number of anilines is 1. The van der Waals surface area contributed by atoms with Crippen LogP contribution in [0.1, 0.15) is 25.8 Å². The molecular weight excluding hydrogens is 276 g/mol. The van der Waals surface area contributed by atoms with Gasteiger partial charge in [0.25, 0.3) is 5.69 Å². The number of oxime groups is 1. The van der Waals surface area contributed by atoms with Gasteiger partial charge in [-0.05, 0) is 32.4 Å². The summed E-state index contributed by atoms with van der Waals surface area (Å²) in [6.45, 7) is 4.34. The van der Waals surface area contributed by atoms with Crippen molar-refractivity contribution in [3.63, 3.8) is 0 Å². The fourth-order valence-corrected chi connectivity index (χ4v) is 2.03. The number of benzene rings is 1. The molecule has 1 aromatic carbocycles. The lowest BCUT2D eigenvalue weighted by Gasteiger charge is -2.28. The zero-order valence-corrected chi connectivity index (χ0v) is 12.1. The Bertz CT molecular complexity index is 531. The van der Waals surface area contributed by atoms with Gasteiger partial charge in [-0.15, -0.1) is 0 Å². The molecule has 21 heavy (non-hydrogen) atoms. The topological polar surface area (TPSA) is 125 Å². The van der Waals surface area contributed by atoms with Crippen molar-refractivity contribution in [3.8, 4) is 0 Å². The van der Waals surface area contributed by atoms with Crippen LogP contribution in [0.3, 0.4) is 0 Å². The van der Waals surface area contributed by atoms with Crippen molar-refractivity contribution in [1.29, 1.82) is 0 Å². The van der Waals surface area contributed by atoms with Gasteiger partial charge in [-0.25, -0.2) is 0 Å². The van der Waals surface area contributed by atoms with Crippen molar-refractivity contribution in [1.82, 2.24) is 0 Å². The highest BCUT2D eigenvalue weighted by atomic mass is 16.6. The van der Waals surface area contributed by atoms with Crippen LogP contribution in [0.25, 0.3) is 0 Å². The van der Waals surface area contributed by atoms with Gasteiger partial charge < -0.3 is 20.9 Å². The van der Waals surface area contributed by atoms with Gasteiger partial charge in [-0.3, -0.25) is 10.1 Å². The Balaban J connectivity index is 3.29. The highest BCUT2D eigenvalue weighted by molar-refractivity contribution is 5.98. The molecule has 8 nitrogen and oxygen atoms in total. The van der Waals surface area contributed by atoms with E-state index in [9.17, 15) is 10.1 Å². The van der Waals surface area contributed by atoms with E-state index in [0.717, 1.165) is 0 Å². The number of hydrogen-bond acceptors (Lipinski definition) is 6. The van der Waals surface area contributed by atoms with E-state index in [-0.39, 0.29) is 29.7 Å². The smallest absolute Gasteiger partial charge is 0.293 e. The maximum Gasteiger partial charge on any atom is 0.293 e. The third-order valence-corrected chi connectivity index (χ3v) is 3.07. The van der Waals surface area contributed by atoms with Gasteiger partial charge in [0.05, 0.1) is 4.92 Å². The lowest BCUT2D eigenvalue weighted by Crippen LogP contribution is -2.32. The number of hydrogen-bond donors (Lipinski definition) is 3. The summed E-state index contributed by atoms with van der Waals surface area (Å²) in [6, 6.07) is 4.44. The number of nitro benzene ring substituents is 1. The first-order valence-corrected chi connectivity index (χ1v) is 6.56. The van der Waals surface area contributed by atoms with E-state index >= 15 is 0 Å². The lowest BCUT2D eigenvalue weighted by molar-refractivity contribution is -0.384. The van der Waals surface area contributed by atoms with Gasteiger partial charge in [-0.2, -0.15) is 0 Å². The number of aliphatic hydroxyl groups excluding tert-OH is 1. The summed E-state index contributed by atoms with van der Waals surface area (Å²) in [7, 11) is 0. The van der Waals surface area contributed by atoms with Gasteiger partial charge in [0.1, 0.15) is 5.69 Å². The number of nitro groups is 1. The summed E-state index contributed by atoms with van der Waals surface area (Å²) in [6.07, 6.45) is 0.511. The van der Waals surface area contributed by atoms with Crippen molar-refractivity contribution in [3.05, 3.63) is 33.9 Å². The lowest BCUT2D eigenvalue weighted by atomic mass is 10.1. The summed E-state index contributed by atoms with van der Waals surface area (Å²) in [5.74, 6) is -0.184. The molecule has 0 saturated carbocycles. The average molecular weight is 296 g/mol. The molecule has 0 atom stereocenters. The second-order valence-corrected chi connectivity index (χ2v) is 4.81. The van der Waals surface area contributed by atoms with Crippen molar-refractivity contribution in [2.75, 3.05) is 18.1 Å². The molecule has 8 heteroatoms. The minimum Gasteiger partial charge on any atom is -0.409 e.